The Morgan fingerprint density at radius 2 is 2.11 bits per heavy atom. The lowest BCUT2D eigenvalue weighted by Crippen LogP contribution is -2.28. The van der Waals surface area contributed by atoms with Gasteiger partial charge in [-0.25, -0.2) is 9.67 Å². The molecule has 2 atom stereocenters. The van der Waals surface area contributed by atoms with E-state index in [1.54, 1.807) is 0 Å². The molecule has 1 unspecified atom stereocenters. The Morgan fingerprint density at radius 3 is 2.92 bits per heavy atom. The van der Waals surface area contributed by atoms with Crippen molar-refractivity contribution in [1.82, 2.24) is 19.7 Å². The molecule has 0 amide bonds. The minimum absolute atomic E-state index is 0.0495. The number of nitrogens with zero attached hydrogens (tertiary/aromatic N) is 4. The van der Waals surface area contributed by atoms with Crippen LogP contribution in [0.2, 0.25) is 0 Å². The number of fused-ring (bicyclic) bond motifs is 1. The number of pyridine rings is 1. The van der Waals surface area contributed by atoms with Crippen LogP contribution in [0.25, 0.3) is 5.69 Å². The van der Waals surface area contributed by atoms with Gasteiger partial charge in [-0.3, -0.25) is 4.79 Å². The quantitative estimate of drug-likeness (QED) is 0.453. The third-order valence-electron chi connectivity index (χ3n) is 7.63. The zero-order valence-electron chi connectivity index (χ0n) is 21.4. The number of aryl methyl sites for hydroxylation is 4. The molecule has 2 aliphatic rings. The fourth-order valence-electron chi connectivity index (χ4n) is 5.79. The van der Waals surface area contributed by atoms with Gasteiger partial charge < -0.3 is 15.3 Å². The third-order valence-corrected chi connectivity index (χ3v) is 7.63. The molecule has 4 heterocycles. The SMILES string of the molecule is Cc1cc(C)n(-c2cccc(C(CC(=O)O)CN3CC[C@@H](CCc4ccc5c(n4)NCCC5)C3)c2)n1. The molecular weight excluding hydrogens is 450 g/mol. The van der Waals surface area contributed by atoms with Gasteiger partial charge >= 0.3 is 5.97 Å². The van der Waals surface area contributed by atoms with Crippen LogP contribution in [0.3, 0.4) is 0 Å². The minimum Gasteiger partial charge on any atom is -0.481 e. The fraction of sp³-hybridized carbons (Fsp3) is 0.483. The maximum atomic E-state index is 11.7. The van der Waals surface area contributed by atoms with E-state index in [1.165, 1.54) is 17.7 Å². The predicted molar refractivity (Wildman–Crippen MR) is 142 cm³/mol. The highest BCUT2D eigenvalue weighted by Gasteiger charge is 2.27. The van der Waals surface area contributed by atoms with E-state index in [0.717, 1.165) is 80.3 Å². The maximum absolute atomic E-state index is 11.7. The number of carboxylic acid groups (broad SMARTS) is 1. The molecule has 0 saturated carbocycles. The fourth-order valence-corrected chi connectivity index (χ4v) is 5.79. The Labute approximate surface area is 213 Å². The summed E-state index contributed by atoms with van der Waals surface area (Å²) in [6.45, 7) is 7.87. The van der Waals surface area contributed by atoms with E-state index in [0.29, 0.717) is 5.92 Å². The van der Waals surface area contributed by atoms with E-state index in [1.807, 2.05) is 30.7 Å². The van der Waals surface area contributed by atoms with Crippen molar-refractivity contribution in [3.05, 3.63) is 70.7 Å². The molecule has 0 aliphatic carbocycles. The van der Waals surface area contributed by atoms with Crippen molar-refractivity contribution in [2.45, 2.75) is 58.3 Å². The van der Waals surface area contributed by atoms with Crippen LogP contribution in [-0.2, 0) is 17.6 Å². The second-order valence-corrected chi connectivity index (χ2v) is 10.5. The first-order chi connectivity index (χ1) is 17.4. The average molecular weight is 488 g/mol. The van der Waals surface area contributed by atoms with E-state index in [9.17, 15) is 9.90 Å². The van der Waals surface area contributed by atoms with Crippen LogP contribution in [0.1, 0.15) is 59.8 Å². The number of rotatable bonds is 9. The largest absolute Gasteiger partial charge is 0.481 e. The van der Waals surface area contributed by atoms with E-state index in [4.69, 9.17) is 4.98 Å². The van der Waals surface area contributed by atoms with Gasteiger partial charge in [-0.05, 0) is 93.8 Å². The minimum atomic E-state index is -0.751. The van der Waals surface area contributed by atoms with E-state index in [-0.39, 0.29) is 12.3 Å². The summed E-state index contributed by atoms with van der Waals surface area (Å²) in [5, 5.41) is 17.7. The van der Waals surface area contributed by atoms with Gasteiger partial charge in [0.1, 0.15) is 5.82 Å². The van der Waals surface area contributed by atoms with Gasteiger partial charge in [-0.1, -0.05) is 18.2 Å². The Hall–Kier alpha value is -3.19. The summed E-state index contributed by atoms with van der Waals surface area (Å²) in [5.74, 6) is 0.902. The summed E-state index contributed by atoms with van der Waals surface area (Å²) in [5.41, 5.74) is 6.61. The number of anilines is 1. The zero-order valence-corrected chi connectivity index (χ0v) is 21.4. The monoisotopic (exact) mass is 487 g/mol. The van der Waals surface area contributed by atoms with Crippen molar-refractivity contribution in [1.29, 1.82) is 0 Å². The number of aliphatic carboxylic acids is 1. The first-order valence-corrected chi connectivity index (χ1v) is 13.2. The summed E-state index contributed by atoms with van der Waals surface area (Å²) in [6, 6.07) is 14.7. The van der Waals surface area contributed by atoms with Crippen LogP contribution in [0.4, 0.5) is 5.82 Å². The van der Waals surface area contributed by atoms with E-state index >= 15 is 0 Å². The number of hydrogen-bond acceptors (Lipinski definition) is 5. The molecule has 0 radical (unpaired) electrons. The van der Waals surface area contributed by atoms with Crippen molar-refractivity contribution in [2.24, 2.45) is 5.92 Å². The average Bonchev–Trinajstić information content (AvgIpc) is 3.47. The second-order valence-electron chi connectivity index (χ2n) is 10.5. The van der Waals surface area contributed by atoms with Gasteiger partial charge in [0.15, 0.2) is 0 Å². The van der Waals surface area contributed by atoms with Crippen LogP contribution >= 0.6 is 0 Å². The molecule has 1 aromatic carbocycles. The summed E-state index contributed by atoms with van der Waals surface area (Å²) in [7, 11) is 0. The van der Waals surface area contributed by atoms with Crippen LogP contribution in [0, 0.1) is 19.8 Å². The number of hydrogen-bond donors (Lipinski definition) is 2. The Balaban J connectivity index is 1.21. The van der Waals surface area contributed by atoms with Crippen LogP contribution in [0.5, 0.6) is 0 Å². The topological polar surface area (TPSA) is 83.3 Å². The molecule has 3 aromatic rings. The molecule has 1 saturated heterocycles. The number of aromatic nitrogens is 3. The molecule has 1 fully saturated rings. The molecule has 7 heteroatoms. The van der Waals surface area contributed by atoms with Crippen molar-refractivity contribution in [3.63, 3.8) is 0 Å². The summed E-state index contributed by atoms with van der Waals surface area (Å²) < 4.78 is 1.94. The van der Waals surface area contributed by atoms with Crippen LogP contribution < -0.4 is 5.32 Å². The second kappa shape index (κ2) is 10.8. The van der Waals surface area contributed by atoms with E-state index in [2.05, 4.69) is 45.6 Å². The highest BCUT2D eigenvalue weighted by molar-refractivity contribution is 5.68. The normalized spacial score (nSPS) is 18.6. The van der Waals surface area contributed by atoms with Gasteiger partial charge in [-0.2, -0.15) is 5.10 Å². The first-order valence-electron chi connectivity index (χ1n) is 13.2. The zero-order chi connectivity index (χ0) is 25.1. The Bertz CT molecular complexity index is 1220. The maximum Gasteiger partial charge on any atom is 0.304 e. The molecule has 7 nitrogen and oxygen atoms in total. The number of benzene rings is 1. The molecule has 5 rings (SSSR count). The molecule has 0 spiro atoms. The molecule has 2 N–H and O–H groups in total. The Morgan fingerprint density at radius 1 is 1.22 bits per heavy atom. The number of nitrogens with one attached hydrogen (secondary N) is 1. The number of carboxylic acids is 1. The number of carbonyl (C=O) groups is 1. The summed E-state index contributed by atoms with van der Waals surface area (Å²) in [4.78, 5) is 19.1. The van der Waals surface area contributed by atoms with Crippen LogP contribution in [0.15, 0.2) is 42.5 Å². The molecular formula is C29H37N5O2. The van der Waals surface area contributed by atoms with Gasteiger partial charge in [0.05, 0.1) is 17.8 Å². The molecule has 2 aliphatic heterocycles. The van der Waals surface area contributed by atoms with Crippen molar-refractivity contribution >= 4 is 11.8 Å². The first kappa shape index (κ1) is 24.5. The highest BCUT2D eigenvalue weighted by Crippen LogP contribution is 2.29. The standard InChI is InChI=1S/C29H37N5O2/c1-20-15-21(2)34(32-20)27-7-3-5-24(16-27)25(17-28(35)36)19-33-14-12-22(18-33)8-10-26-11-9-23-6-4-13-30-29(23)31-26/h3,5,7,9,11,15-16,22,25H,4,6,8,10,12-14,17-19H2,1-2H3,(H,30,31)(H,35,36)/t22-,25?/m1/s1. The lowest BCUT2D eigenvalue weighted by Gasteiger charge is -2.24. The molecule has 2 aromatic heterocycles. The van der Waals surface area contributed by atoms with Crippen LogP contribution in [-0.4, -0.2) is 56.9 Å². The lowest BCUT2D eigenvalue weighted by atomic mass is 9.94. The van der Waals surface area contributed by atoms with Gasteiger partial charge in [-0.15, -0.1) is 0 Å². The predicted octanol–water partition coefficient (Wildman–Crippen LogP) is 4.76. The third kappa shape index (κ3) is 5.78. The van der Waals surface area contributed by atoms with Crippen molar-refractivity contribution in [2.75, 3.05) is 31.5 Å². The lowest BCUT2D eigenvalue weighted by molar-refractivity contribution is -0.137. The van der Waals surface area contributed by atoms with Gasteiger partial charge in [0.25, 0.3) is 0 Å². The summed E-state index contributed by atoms with van der Waals surface area (Å²) >= 11 is 0. The molecule has 190 valence electrons. The van der Waals surface area contributed by atoms with Crippen molar-refractivity contribution in [3.8, 4) is 5.69 Å². The van der Waals surface area contributed by atoms with E-state index < -0.39 is 5.97 Å². The summed E-state index contributed by atoms with van der Waals surface area (Å²) in [6.07, 6.45) is 5.72. The molecule has 36 heavy (non-hydrogen) atoms. The van der Waals surface area contributed by atoms with Gasteiger partial charge in [0, 0.05) is 36.9 Å². The number of likely N-dealkylation sites (tertiary alicyclic amines) is 1. The molecule has 0 bridgehead atoms. The smallest absolute Gasteiger partial charge is 0.304 e. The van der Waals surface area contributed by atoms with Crippen molar-refractivity contribution < 1.29 is 9.90 Å². The highest BCUT2D eigenvalue weighted by atomic mass is 16.4. The Kier molecular flexibility index (Phi) is 7.37. The van der Waals surface area contributed by atoms with Gasteiger partial charge in [0.2, 0.25) is 0 Å².